The molecular weight excluding hydrogens is 232 g/mol. The Morgan fingerprint density at radius 3 is 1.79 bits per heavy atom. The largest absolute Gasteiger partial charge is 0.313 e. The minimum atomic E-state index is 0.647. The Balaban J connectivity index is 1.94. The monoisotopic (exact) mass is 266 g/mol. The standard InChI is InChI=1S/C17H34N2/c1-3-18-15(2)14-19(16-10-6-4-7-11-16)17-12-8-5-9-13-17/h15-18H,3-14H2,1-2H3. The van der Waals surface area contributed by atoms with Gasteiger partial charge in [0.1, 0.15) is 0 Å². The highest BCUT2D eigenvalue weighted by Gasteiger charge is 2.29. The summed E-state index contributed by atoms with van der Waals surface area (Å²) in [7, 11) is 0. The fourth-order valence-electron chi connectivity index (χ4n) is 4.15. The van der Waals surface area contributed by atoms with Crippen LogP contribution in [0.3, 0.4) is 0 Å². The van der Waals surface area contributed by atoms with Gasteiger partial charge in [-0.05, 0) is 39.2 Å². The Morgan fingerprint density at radius 2 is 1.37 bits per heavy atom. The highest BCUT2D eigenvalue weighted by Crippen LogP contribution is 2.30. The molecule has 0 aromatic heterocycles. The molecule has 1 atom stereocenters. The topological polar surface area (TPSA) is 15.3 Å². The van der Waals surface area contributed by atoms with Crippen molar-refractivity contribution in [3.8, 4) is 0 Å². The molecule has 2 heteroatoms. The predicted molar refractivity (Wildman–Crippen MR) is 83.6 cm³/mol. The number of rotatable bonds is 6. The summed E-state index contributed by atoms with van der Waals surface area (Å²) in [6.45, 7) is 6.96. The lowest BCUT2D eigenvalue weighted by atomic mass is 9.88. The van der Waals surface area contributed by atoms with Crippen LogP contribution in [0.15, 0.2) is 0 Å². The molecule has 2 saturated carbocycles. The molecule has 2 nitrogen and oxygen atoms in total. The molecule has 1 unspecified atom stereocenters. The first kappa shape index (κ1) is 15.3. The lowest BCUT2D eigenvalue weighted by Gasteiger charge is -2.43. The summed E-state index contributed by atoms with van der Waals surface area (Å²) >= 11 is 0. The smallest absolute Gasteiger partial charge is 0.0166 e. The zero-order valence-electron chi connectivity index (χ0n) is 13.2. The Labute approximate surface area is 120 Å². The Kier molecular flexibility index (Phi) is 6.66. The molecule has 2 aliphatic carbocycles. The Morgan fingerprint density at radius 1 is 0.895 bits per heavy atom. The Hall–Kier alpha value is -0.0800. The molecule has 19 heavy (non-hydrogen) atoms. The fraction of sp³-hybridized carbons (Fsp3) is 1.00. The summed E-state index contributed by atoms with van der Waals surface area (Å²) in [5.74, 6) is 0. The third-order valence-corrected chi connectivity index (χ3v) is 5.12. The van der Waals surface area contributed by atoms with E-state index in [1.165, 1.54) is 70.8 Å². The first-order chi connectivity index (χ1) is 9.31. The molecule has 0 heterocycles. The maximum absolute atomic E-state index is 3.61. The molecule has 0 aromatic carbocycles. The number of hydrogen-bond acceptors (Lipinski definition) is 2. The highest BCUT2D eigenvalue weighted by molar-refractivity contribution is 4.85. The van der Waals surface area contributed by atoms with Crippen molar-refractivity contribution in [2.45, 2.75) is 96.2 Å². The minimum Gasteiger partial charge on any atom is -0.313 e. The average Bonchev–Trinajstić information content (AvgIpc) is 2.47. The van der Waals surface area contributed by atoms with Crippen molar-refractivity contribution in [1.29, 1.82) is 0 Å². The minimum absolute atomic E-state index is 0.647. The maximum Gasteiger partial charge on any atom is 0.0166 e. The van der Waals surface area contributed by atoms with Crippen molar-refractivity contribution in [3.63, 3.8) is 0 Å². The molecule has 0 spiro atoms. The third-order valence-electron chi connectivity index (χ3n) is 5.12. The SMILES string of the molecule is CCNC(C)CN(C1CCCCC1)C1CCCCC1. The maximum atomic E-state index is 3.61. The quantitative estimate of drug-likeness (QED) is 0.783. The highest BCUT2D eigenvalue weighted by atomic mass is 15.2. The van der Waals surface area contributed by atoms with E-state index in [1.807, 2.05) is 0 Å². The van der Waals surface area contributed by atoms with Gasteiger partial charge in [-0.3, -0.25) is 4.90 Å². The van der Waals surface area contributed by atoms with Gasteiger partial charge in [-0.25, -0.2) is 0 Å². The number of hydrogen-bond donors (Lipinski definition) is 1. The number of nitrogens with zero attached hydrogens (tertiary/aromatic N) is 1. The zero-order chi connectivity index (χ0) is 13.5. The van der Waals surface area contributed by atoms with Crippen LogP contribution in [0.1, 0.15) is 78.1 Å². The lowest BCUT2D eigenvalue weighted by Crippen LogP contribution is -2.50. The van der Waals surface area contributed by atoms with Crippen LogP contribution >= 0.6 is 0 Å². The van der Waals surface area contributed by atoms with Gasteiger partial charge in [0.15, 0.2) is 0 Å². The van der Waals surface area contributed by atoms with Crippen LogP contribution in [0.5, 0.6) is 0 Å². The van der Waals surface area contributed by atoms with Crippen molar-refractivity contribution in [3.05, 3.63) is 0 Å². The third kappa shape index (κ3) is 4.75. The van der Waals surface area contributed by atoms with Gasteiger partial charge in [-0.1, -0.05) is 45.4 Å². The normalized spacial score (nSPS) is 24.8. The summed E-state index contributed by atoms with van der Waals surface area (Å²) in [6.07, 6.45) is 14.6. The van der Waals surface area contributed by atoms with Crippen molar-refractivity contribution in [1.82, 2.24) is 10.2 Å². The van der Waals surface area contributed by atoms with E-state index in [2.05, 4.69) is 24.1 Å². The lowest BCUT2D eigenvalue weighted by molar-refractivity contribution is 0.0724. The van der Waals surface area contributed by atoms with Crippen LogP contribution in [0, 0.1) is 0 Å². The van der Waals surface area contributed by atoms with Crippen LogP contribution < -0.4 is 5.32 Å². The van der Waals surface area contributed by atoms with E-state index >= 15 is 0 Å². The summed E-state index contributed by atoms with van der Waals surface area (Å²) in [5.41, 5.74) is 0. The Bertz CT molecular complexity index is 211. The molecular formula is C17H34N2. The van der Waals surface area contributed by atoms with E-state index in [0.717, 1.165) is 18.6 Å². The second-order valence-electron chi connectivity index (χ2n) is 6.74. The van der Waals surface area contributed by atoms with E-state index in [1.54, 1.807) is 0 Å². The summed E-state index contributed by atoms with van der Waals surface area (Å²) in [6, 6.07) is 2.42. The molecule has 0 saturated heterocycles. The van der Waals surface area contributed by atoms with Gasteiger partial charge in [0.2, 0.25) is 0 Å². The van der Waals surface area contributed by atoms with Crippen LogP contribution in [0.25, 0.3) is 0 Å². The molecule has 0 aromatic rings. The summed E-state index contributed by atoms with van der Waals surface area (Å²) in [4.78, 5) is 2.91. The molecule has 1 N–H and O–H groups in total. The van der Waals surface area contributed by atoms with E-state index < -0.39 is 0 Å². The van der Waals surface area contributed by atoms with Crippen molar-refractivity contribution in [2.75, 3.05) is 13.1 Å². The van der Waals surface area contributed by atoms with Gasteiger partial charge in [-0.15, -0.1) is 0 Å². The summed E-state index contributed by atoms with van der Waals surface area (Å²) < 4.78 is 0. The predicted octanol–water partition coefficient (Wildman–Crippen LogP) is 3.95. The van der Waals surface area contributed by atoms with Crippen LogP contribution in [-0.2, 0) is 0 Å². The molecule has 112 valence electrons. The molecule has 2 rings (SSSR count). The zero-order valence-corrected chi connectivity index (χ0v) is 13.2. The average molecular weight is 266 g/mol. The van der Waals surface area contributed by atoms with E-state index in [0.29, 0.717) is 6.04 Å². The van der Waals surface area contributed by atoms with E-state index in [4.69, 9.17) is 0 Å². The first-order valence-electron chi connectivity index (χ1n) is 8.80. The van der Waals surface area contributed by atoms with Crippen LogP contribution in [0.2, 0.25) is 0 Å². The second-order valence-corrected chi connectivity index (χ2v) is 6.74. The van der Waals surface area contributed by atoms with Gasteiger partial charge >= 0.3 is 0 Å². The van der Waals surface area contributed by atoms with Gasteiger partial charge < -0.3 is 5.32 Å². The molecule has 2 fully saturated rings. The fourth-order valence-corrected chi connectivity index (χ4v) is 4.15. The second kappa shape index (κ2) is 8.26. The van der Waals surface area contributed by atoms with Crippen LogP contribution in [0.4, 0.5) is 0 Å². The molecule has 2 aliphatic rings. The van der Waals surface area contributed by atoms with Crippen LogP contribution in [-0.4, -0.2) is 36.1 Å². The molecule has 0 radical (unpaired) electrons. The van der Waals surface area contributed by atoms with Crippen molar-refractivity contribution < 1.29 is 0 Å². The van der Waals surface area contributed by atoms with Gasteiger partial charge in [0.25, 0.3) is 0 Å². The van der Waals surface area contributed by atoms with Gasteiger partial charge in [-0.2, -0.15) is 0 Å². The van der Waals surface area contributed by atoms with E-state index in [-0.39, 0.29) is 0 Å². The number of likely N-dealkylation sites (N-methyl/N-ethyl adjacent to an activating group) is 1. The van der Waals surface area contributed by atoms with E-state index in [9.17, 15) is 0 Å². The molecule has 0 amide bonds. The van der Waals surface area contributed by atoms with Crippen molar-refractivity contribution in [2.24, 2.45) is 0 Å². The molecule has 0 bridgehead atoms. The van der Waals surface area contributed by atoms with Gasteiger partial charge in [0, 0.05) is 24.7 Å². The summed E-state index contributed by atoms with van der Waals surface area (Å²) in [5, 5.41) is 3.61. The van der Waals surface area contributed by atoms with Crippen molar-refractivity contribution >= 4 is 0 Å². The van der Waals surface area contributed by atoms with Gasteiger partial charge in [0.05, 0.1) is 0 Å². The first-order valence-corrected chi connectivity index (χ1v) is 8.80. The molecule has 0 aliphatic heterocycles. The number of nitrogens with one attached hydrogen (secondary N) is 1.